The van der Waals surface area contributed by atoms with E-state index < -0.39 is 0 Å². The van der Waals surface area contributed by atoms with Gasteiger partial charge in [0.1, 0.15) is 5.76 Å². The Balaban J connectivity index is 2.34. The molecule has 12 heavy (non-hydrogen) atoms. The molecule has 3 nitrogen and oxygen atoms in total. The van der Waals surface area contributed by atoms with E-state index in [0.717, 1.165) is 5.76 Å². The Morgan fingerprint density at radius 1 is 1.58 bits per heavy atom. The van der Waals surface area contributed by atoms with Crippen molar-refractivity contribution in [1.29, 1.82) is 0 Å². The Kier molecular flexibility index (Phi) is 3.31. The van der Waals surface area contributed by atoms with E-state index in [4.69, 9.17) is 9.52 Å². The Hall–Kier alpha value is -0.800. The number of rotatable bonds is 4. The van der Waals surface area contributed by atoms with E-state index in [1.54, 1.807) is 13.2 Å². The second kappa shape index (κ2) is 4.28. The maximum atomic E-state index is 9.01. The van der Waals surface area contributed by atoms with Crippen LogP contribution < -0.4 is 5.32 Å². The van der Waals surface area contributed by atoms with Crippen LogP contribution in [0.4, 0.5) is 0 Å². The average molecular weight is 169 g/mol. The fourth-order valence-corrected chi connectivity index (χ4v) is 0.986. The van der Waals surface area contributed by atoms with Crippen molar-refractivity contribution in [3.05, 3.63) is 24.2 Å². The summed E-state index contributed by atoms with van der Waals surface area (Å²) in [7, 11) is 0. The van der Waals surface area contributed by atoms with Crippen molar-refractivity contribution >= 4 is 0 Å². The summed E-state index contributed by atoms with van der Waals surface area (Å²) in [5.41, 5.74) is 0. The van der Waals surface area contributed by atoms with Crippen molar-refractivity contribution < 1.29 is 9.52 Å². The third-order valence-corrected chi connectivity index (χ3v) is 1.69. The Bertz CT molecular complexity index is 206. The summed E-state index contributed by atoms with van der Waals surface area (Å²) >= 11 is 0. The molecule has 0 bridgehead atoms. The number of furan rings is 1. The van der Waals surface area contributed by atoms with Gasteiger partial charge in [-0.05, 0) is 26.0 Å². The zero-order chi connectivity index (χ0) is 8.97. The summed E-state index contributed by atoms with van der Waals surface area (Å²) in [4.78, 5) is 0. The van der Waals surface area contributed by atoms with Crippen molar-refractivity contribution in [2.24, 2.45) is 0 Å². The van der Waals surface area contributed by atoms with Gasteiger partial charge >= 0.3 is 0 Å². The summed E-state index contributed by atoms with van der Waals surface area (Å²) in [6.07, 6.45) is 1.33. The molecule has 1 rings (SSSR count). The maximum Gasteiger partial charge on any atom is 0.120 e. The van der Waals surface area contributed by atoms with Crippen LogP contribution in [-0.2, 0) is 0 Å². The molecule has 0 aliphatic carbocycles. The average Bonchev–Trinajstić information content (AvgIpc) is 2.51. The fourth-order valence-electron chi connectivity index (χ4n) is 0.986. The summed E-state index contributed by atoms with van der Waals surface area (Å²) in [6.45, 7) is 4.34. The number of aliphatic hydroxyl groups excluding tert-OH is 1. The third kappa shape index (κ3) is 2.68. The van der Waals surface area contributed by atoms with Crippen molar-refractivity contribution in [1.82, 2.24) is 5.32 Å². The van der Waals surface area contributed by atoms with E-state index in [2.05, 4.69) is 5.32 Å². The Morgan fingerprint density at radius 2 is 2.33 bits per heavy atom. The molecule has 1 aromatic heterocycles. The highest BCUT2D eigenvalue weighted by Gasteiger charge is 2.07. The molecule has 3 heteroatoms. The van der Waals surface area contributed by atoms with Crippen molar-refractivity contribution in [2.75, 3.05) is 6.54 Å². The molecule has 0 fully saturated rings. The minimum Gasteiger partial charge on any atom is -0.468 e. The third-order valence-electron chi connectivity index (χ3n) is 1.69. The van der Waals surface area contributed by atoms with Gasteiger partial charge in [-0.25, -0.2) is 0 Å². The SMILES string of the molecule is CC(O)CN[C@H](C)c1ccco1. The molecule has 1 unspecified atom stereocenters. The van der Waals surface area contributed by atoms with Gasteiger partial charge in [0.2, 0.25) is 0 Å². The summed E-state index contributed by atoms with van der Waals surface area (Å²) < 4.78 is 5.18. The van der Waals surface area contributed by atoms with Gasteiger partial charge in [0.25, 0.3) is 0 Å². The van der Waals surface area contributed by atoms with E-state index in [1.165, 1.54) is 0 Å². The van der Waals surface area contributed by atoms with Gasteiger partial charge in [0, 0.05) is 6.54 Å². The first-order valence-electron chi connectivity index (χ1n) is 4.15. The predicted molar refractivity (Wildman–Crippen MR) is 46.8 cm³/mol. The lowest BCUT2D eigenvalue weighted by atomic mass is 10.2. The van der Waals surface area contributed by atoms with Crippen LogP contribution in [0.3, 0.4) is 0 Å². The number of aliphatic hydroxyl groups is 1. The fraction of sp³-hybridized carbons (Fsp3) is 0.556. The first kappa shape index (κ1) is 9.29. The minimum atomic E-state index is -0.317. The topological polar surface area (TPSA) is 45.4 Å². The van der Waals surface area contributed by atoms with E-state index >= 15 is 0 Å². The van der Waals surface area contributed by atoms with E-state index in [1.807, 2.05) is 19.1 Å². The molecule has 0 radical (unpaired) electrons. The van der Waals surface area contributed by atoms with E-state index in [9.17, 15) is 0 Å². The van der Waals surface area contributed by atoms with Gasteiger partial charge in [-0.15, -0.1) is 0 Å². The molecule has 0 aliphatic rings. The van der Waals surface area contributed by atoms with E-state index in [0.29, 0.717) is 6.54 Å². The van der Waals surface area contributed by atoms with Crippen LogP contribution in [0.25, 0.3) is 0 Å². The monoisotopic (exact) mass is 169 g/mol. The molecule has 1 aromatic rings. The van der Waals surface area contributed by atoms with Gasteiger partial charge in [0.05, 0.1) is 18.4 Å². The summed E-state index contributed by atoms with van der Waals surface area (Å²) in [6, 6.07) is 3.94. The number of hydrogen-bond donors (Lipinski definition) is 2. The lowest BCUT2D eigenvalue weighted by Crippen LogP contribution is -2.26. The molecule has 0 amide bonds. The zero-order valence-corrected chi connectivity index (χ0v) is 7.45. The van der Waals surface area contributed by atoms with Crippen LogP contribution in [0, 0.1) is 0 Å². The zero-order valence-electron chi connectivity index (χ0n) is 7.45. The second-order valence-electron chi connectivity index (χ2n) is 2.99. The van der Waals surface area contributed by atoms with Crippen LogP contribution in [-0.4, -0.2) is 17.8 Å². The largest absolute Gasteiger partial charge is 0.468 e. The molecule has 68 valence electrons. The Morgan fingerprint density at radius 3 is 2.83 bits per heavy atom. The molecule has 0 aliphatic heterocycles. The molecule has 2 atom stereocenters. The molecule has 2 N–H and O–H groups in total. The summed E-state index contributed by atoms with van der Waals surface area (Å²) in [5, 5.41) is 12.1. The van der Waals surface area contributed by atoms with Gasteiger partial charge in [-0.1, -0.05) is 0 Å². The molecule has 0 saturated carbocycles. The highest BCUT2D eigenvalue weighted by atomic mass is 16.3. The van der Waals surface area contributed by atoms with Crippen LogP contribution in [0.2, 0.25) is 0 Å². The van der Waals surface area contributed by atoms with Crippen LogP contribution in [0.1, 0.15) is 25.6 Å². The maximum absolute atomic E-state index is 9.01. The molecule has 0 spiro atoms. The van der Waals surface area contributed by atoms with E-state index in [-0.39, 0.29) is 12.1 Å². The quantitative estimate of drug-likeness (QED) is 0.714. The van der Waals surface area contributed by atoms with Crippen molar-refractivity contribution in [3.8, 4) is 0 Å². The first-order valence-corrected chi connectivity index (χ1v) is 4.15. The van der Waals surface area contributed by atoms with Gasteiger partial charge in [-0.2, -0.15) is 0 Å². The van der Waals surface area contributed by atoms with Crippen LogP contribution >= 0.6 is 0 Å². The minimum absolute atomic E-state index is 0.162. The summed E-state index contributed by atoms with van der Waals surface area (Å²) in [5.74, 6) is 0.899. The molecular weight excluding hydrogens is 154 g/mol. The smallest absolute Gasteiger partial charge is 0.120 e. The molecule has 1 heterocycles. The standard InChI is InChI=1S/C9H15NO2/c1-7(11)6-10-8(2)9-4-3-5-12-9/h3-5,7-8,10-11H,6H2,1-2H3/t7?,8-/m1/s1. The van der Waals surface area contributed by atoms with Crippen molar-refractivity contribution in [3.63, 3.8) is 0 Å². The van der Waals surface area contributed by atoms with Crippen LogP contribution in [0.5, 0.6) is 0 Å². The lowest BCUT2D eigenvalue weighted by Gasteiger charge is -2.12. The highest BCUT2D eigenvalue weighted by Crippen LogP contribution is 2.11. The molecule has 0 aromatic carbocycles. The van der Waals surface area contributed by atoms with Gasteiger partial charge in [-0.3, -0.25) is 0 Å². The number of nitrogens with one attached hydrogen (secondary N) is 1. The molecular formula is C9H15NO2. The lowest BCUT2D eigenvalue weighted by molar-refractivity contribution is 0.185. The first-order chi connectivity index (χ1) is 5.70. The molecule has 0 saturated heterocycles. The normalized spacial score (nSPS) is 15.9. The number of hydrogen-bond acceptors (Lipinski definition) is 3. The van der Waals surface area contributed by atoms with Crippen molar-refractivity contribution in [2.45, 2.75) is 26.0 Å². The Labute approximate surface area is 72.4 Å². The predicted octanol–water partition coefficient (Wildman–Crippen LogP) is 1.31. The second-order valence-corrected chi connectivity index (χ2v) is 2.99. The van der Waals surface area contributed by atoms with Gasteiger partial charge < -0.3 is 14.8 Å². The highest BCUT2D eigenvalue weighted by molar-refractivity contribution is 5.02. The van der Waals surface area contributed by atoms with Crippen LogP contribution in [0.15, 0.2) is 22.8 Å². The van der Waals surface area contributed by atoms with Gasteiger partial charge in [0.15, 0.2) is 0 Å².